The third-order valence-electron chi connectivity index (χ3n) is 0.339. The van der Waals surface area contributed by atoms with Crippen molar-refractivity contribution in [3.05, 3.63) is 0 Å². The maximum absolute atomic E-state index is 8.29. The van der Waals surface area contributed by atoms with Gasteiger partial charge in [-0.1, -0.05) is 0 Å². The second-order valence-electron chi connectivity index (χ2n) is 1.14. The fourth-order valence-corrected chi connectivity index (χ4v) is 0. The molecule has 0 bridgehead atoms. The standard InChI is InChI=1S/CH7O4P2/c1-7(4,5)6(2)3/h2-5H,1H3/q+1. The van der Waals surface area contributed by atoms with E-state index in [-0.39, 0.29) is 0 Å². The summed E-state index contributed by atoms with van der Waals surface area (Å²) >= 11 is 0. The highest BCUT2D eigenvalue weighted by atomic mass is 32.1. The summed E-state index contributed by atoms with van der Waals surface area (Å²) in [6.45, 7) is 1.01. The summed E-state index contributed by atoms with van der Waals surface area (Å²) < 4.78 is 0. The molecule has 0 unspecified atom stereocenters. The molecule has 4 nitrogen and oxygen atoms in total. The van der Waals surface area contributed by atoms with Gasteiger partial charge < -0.3 is 9.79 Å². The van der Waals surface area contributed by atoms with E-state index in [0.29, 0.717) is 0 Å². The Kier molecular flexibility index (Phi) is 2.54. The first-order chi connectivity index (χ1) is 2.94. The minimum atomic E-state index is -3.31. The first-order valence-corrected chi connectivity index (χ1v) is 5.54. The molecule has 0 atom stereocenters. The van der Waals surface area contributed by atoms with E-state index in [2.05, 4.69) is 0 Å². The van der Waals surface area contributed by atoms with Crippen LogP contribution in [0.25, 0.3) is 0 Å². The van der Waals surface area contributed by atoms with Crippen LogP contribution in [-0.2, 0) is 0 Å². The monoisotopic (exact) mass is 145 g/mol. The summed E-state index contributed by atoms with van der Waals surface area (Å²) in [5, 5.41) is 0. The SMILES string of the molecule is C[P+](O)(O)P(O)O. The van der Waals surface area contributed by atoms with E-state index < -0.39 is 15.5 Å². The van der Waals surface area contributed by atoms with Gasteiger partial charge >= 0.3 is 15.5 Å². The lowest BCUT2D eigenvalue weighted by molar-refractivity contribution is 0.442. The molecule has 0 aromatic heterocycles. The van der Waals surface area contributed by atoms with Crippen LogP contribution in [0.5, 0.6) is 0 Å². The fourth-order valence-electron chi connectivity index (χ4n) is 0. The normalized spacial score (nSPS) is 12.9. The van der Waals surface area contributed by atoms with Crippen LogP contribution < -0.4 is 0 Å². The van der Waals surface area contributed by atoms with Crippen LogP contribution in [0.1, 0.15) is 0 Å². The Morgan fingerprint density at radius 2 is 1.43 bits per heavy atom. The van der Waals surface area contributed by atoms with Crippen molar-refractivity contribution in [3.8, 4) is 0 Å². The van der Waals surface area contributed by atoms with Crippen LogP contribution in [0, 0.1) is 0 Å². The molecular formula is CH7O4P2+. The van der Waals surface area contributed by atoms with E-state index in [9.17, 15) is 0 Å². The number of hydrogen-bond acceptors (Lipinski definition) is 4. The van der Waals surface area contributed by atoms with E-state index in [1.165, 1.54) is 0 Å². The molecule has 4 N–H and O–H groups in total. The van der Waals surface area contributed by atoms with Crippen LogP contribution >= 0.6 is 15.5 Å². The third-order valence-corrected chi connectivity index (χ3v) is 3.05. The maximum Gasteiger partial charge on any atom is 0.406 e. The number of rotatable bonds is 1. The van der Waals surface area contributed by atoms with Gasteiger partial charge in [0.2, 0.25) is 0 Å². The van der Waals surface area contributed by atoms with Crippen molar-refractivity contribution >= 4 is 15.5 Å². The van der Waals surface area contributed by atoms with Gasteiger partial charge in [0.05, 0.1) is 0 Å². The number of hydrogen-bond donors (Lipinski definition) is 4. The summed E-state index contributed by atoms with van der Waals surface area (Å²) in [5.41, 5.74) is 0. The Labute approximate surface area is 42.7 Å². The molecule has 0 aromatic carbocycles. The van der Waals surface area contributed by atoms with Gasteiger partial charge in [-0.15, -0.1) is 0 Å². The molecule has 0 saturated carbocycles. The lowest BCUT2D eigenvalue weighted by Crippen LogP contribution is -1.81. The lowest BCUT2D eigenvalue weighted by Gasteiger charge is -2.02. The molecule has 44 valence electrons. The first kappa shape index (κ1) is 7.70. The van der Waals surface area contributed by atoms with Crippen molar-refractivity contribution in [2.75, 3.05) is 6.66 Å². The zero-order valence-electron chi connectivity index (χ0n) is 3.68. The molecule has 0 saturated heterocycles. The smallest absolute Gasteiger partial charge is 0.315 e. The first-order valence-electron chi connectivity index (χ1n) is 1.45. The van der Waals surface area contributed by atoms with E-state index in [4.69, 9.17) is 19.6 Å². The van der Waals surface area contributed by atoms with Gasteiger partial charge in [0.25, 0.3) is 0 Å². The van der Waals surface area contributed by atoms with Gasteiger partial charge in [0.15, 0.2) is 0 Å². The third kappa shape index (κ3) is 3.30. The molecular weight excluding hydrogens is 138 g/mol. The molecule has 0 radical (unpaired) electrons. The maximum atomic E-state index is 8.29. The molecule has 0 aromatic rings. The molecule has 0 fully saturated rings. The Hall–Kier alpha value is 0.700. The predicted molar refractivity (Wildman–Crippen MR) is 28.6 cm³/mol. The minimum absolute atomic E-state index is 1.01. The summed E-state index contributed by atoms with van der Waals surface area (Å²) in [4.78, 5) is 32.7. The van der Waals surface area contributed by atoms with Crippen LogP contribution in [0.3, 0.4) is 0 Å². The Morgan fingerprint density at radius 1 is 1.29 bits per heavy atom. The Morgan fingerprint density at radius 3 is 1.43 bits per heavy atom. The van der Waals surface area contributed by atoms with Gasteiger partial charge in [-0.05, 0) is 0 Å². The molecule has 0 aliphatic carbocycles. The van der Waals surface area contributed by atoms with Crippen LogP contribution in [0.15, 0.2) is 0 Å². The van der Waals surface area contributed by atoms with E-state index in [1.807, 2.05) is 0 Å². The average Bonchev–Trinajstić information content (AvgIpc) is 1.31. The second kappa shape index (κ2) is 2.31. The zero-order valence-corrected chi connectivity index (χ0v) is 5.47. The largest absolute Gasteiger partial charge is 0.406 e. The van der Waals surface area contributed by atoms with Crippen LogP contribution in [-0.4, -0.2) is 26.2 Å². The van der Waals surface area contributed by atoms with Crippen molar-refractivity contribution in [1.82, 2.24) is 0 Å². The topological polar surface area (TPSA) is 80.9 Å². The lowest BCUT2D eigenvalue weighted by atomic mass is 12.0. The molecule has 0 rings (SSSR count). The van der Waals surface area contributed by atoms with Crippen molar-refractivity contribution in [3.63, 3.8) is 0 Å². The highest BCUT2D eigenvalue weighted by Crippen LogP contribution is 2.72. The van der Waals surface area contributed by atoms with E-state index >= 15 is 0 Å². The predicted octanol–water partition coefficient (Wildman–Crippen LogP) is -0.340. The van der Waals surface area contributed by atoms with Gasteiger partial charge in [-0.3, -0.25) is 0 Å². The molecule has 7 heavy (non-hydrogen) atoms. The van der Waals surface area contributed by atoms with Gasteiger partial charge in [0.1, 0.15) is 6.66 Å². The highest BCUT2D eigenvalue weighted by Gasteiger charge is 2.37. The molecule has 0 aliphatic heterocycles. The van der Waals surface area contributed by atoms with Gasteiger partial charge in [-0.25, -0.2) is 9.79 Å². The second-order valence-corrected chi connectivity index (χ2v) is 6.76. The summed E-state index contributed by atoms with van der Waals surface area (Å²) in [6, 6.07) is 0. The quantitative estimate of drug-likeness (QED) is 0.380. The molecule has 0 spiro atoms. The average molecular weight is 145 g/mol. The Bertz CT molecular complexity index is 55.2. The molecule has 0 amide bonds. The van der Waals surface area contributed by atoms with Gasteiger partial charge in [-0.2, -0.15) is 0 Å². The molecule has 0 heterocycles. The van der Waals surface area contributed by atoms with Crippen molar-refractivity contribution < 1.29 is 19.6 Å². The summed E-state index contributed by atoms with van der Waals surface area (Å²) in [6.07, 6.45) is 0. The van der Waals surface area contributed by atoms with Crippen LogP contribution in [0.2, 0.25) is 0 Å². The van der Waals surface area contributed by atoms with Crippen molar-refractivity contribution in [1.29, 1.82) is 0 Å². The van der Waals surface area contributed by atoms with Crippen molar-refractivity contribution in [2.24, 2.45) is 0 Å². The zero-order chi connectivity index (χ0) is 6.08. The van der Waals surface area contributed by atoms with E-state index in [0.717, 1.165) is 6.66 Å². The van der Waals surface area contributed by atoms with Crippen LogP contribution in [0.4, 0.5) is 0 Å². The molecule has 0 aliphatic rings. The Balaban J connectivity index is 3.54. The fraction of sp³-hybridized carbons (Fsp3) is 1.00. The van der Waals surface area contributed by atoms with Crippen molar-refractivity contribution in [2.45, 2.75) is 0 Å². The van der Waals surface area contributed by atoms with Gasteiger partial charge in [0, 0.05) is 0 Å². The summed E-state index contributed by atoms with van der Waals surface area (Å²) in [5.74, 6) is 0. The molecule has 6 heteroatoms. The summed E-state index contributed by atoms with van der Waals surface area (Å²) in [7, 11) is -5.83. The van der Waals surface area contributed by atoms with E-state index in [1.54, 1.807) is 0 Å². The minimum Gasteiger partial charge on any atom is -0.315 e. The highest BCUT2D eigenvalue weighted by molar-refractivity contribution is 8.28.